The molecule has 0 radical (unpaired) electrons. The highest BCUT2D eigenvalue weighted by Gasteiger charge is 2.41. The van der Waals surface area contributed by atoms with E-state index < -0.39 is 0 Å². The molecule has 5 atom stereocenters. The summed E-state index contributed by atoms with van der Waals surface area (Å²) in [7, 11) is 0. The molecule has 3 fully saturated rings. The van der Waals surface area contributed by atoms with E-state index in [9.17, 15) is 0 Å². The quantitative estimate of drug-likeness (QED) is 0.789. The van der Waals surface area contributed by atoms with Gasteiger partial charge in [-0.05, 0) is 75.7 Å². The van der Waals surface area contributed by atoms with Gasteiger partial charge in [-0.1, -0.05) is 13.3 Å². The molecule has 2 bridgehead atoms. The second kappa shape index (κ2) is 6.58. The first-order chi connectivity index (χ1) is 9.36. The normalized spacial score (nSPS) is 39.6. The first-order valence-electron chi connectivity index (χ1n) is 8.71. The van der Waals surface area contributed by atoms with Crippen molar-refractivity contribution in [2.45, 2.75) is 76.9 Å². The zero-order valence-electron chi connectivity index (χ0n) is 12.6. The molecule has 110 valence electrons. The first-order valence-corrected chi connectivity index (χ1v) is 8.71. The van der Waals surface area contributed by atoms with Crippen LogP contribution in [0, 0.1) is 17.8 Å². The standard InChI is InChI=1S/C17H31NO/c1-2-8-18-16(17-5-3-4-9-19-17)12-15-11-13-6-7-14(15)10-13/h13-18H,2-12H2,1H3. The third-order valence-corrected chi connectivity index (χ3v) is 5.76. The van der Waals surface area contributed by atoms with Crippen LogP contribution in [0.1, 0.15) is 64.7 Å². The van der Waals surface area contributed by atoms with Crippen molar-refractivity contribution in [3.05, 3.63) is 0 Å². The van der Waals surface area contributed by atoms with Crippen molar-refractivity contribution in [3.63, 3.8) is 0 Å². The molecule has 3 aliphatic rings. The van der Waals surface area contributed by atoms with Crippen LogP contribution < -0.4 is 5.32 Å². The SMILES string of the molecule is CCCNC(CC1CC2CCC1C2)C1CCCCO1. The predicted octanol–water partition coefficient (Wildman–Crippen LogP) is 3.75. The van der Waals surface area contributed by atoms with E-state index in [-0.39, 0.29) is 0 Å². The Morgan fingerprint density at radius 3 is 2.74 bits per heavy atom. The van der Waals surface area contributed by atoms with Crippen molar-refractivity contribution in [3.8, 4) is 0 Å². The zero-order valence-corrected chi connectivity index (χ0v) is 12.6. The van der Waals surface area contributed by atoms with Gasteiger partial charge in [-0.15, -0.1) is 0 Å². The first kappa shape index (κ1) is 13.9. The van der Waals surface area contributed by atoms with Crippen molar-refractivity contribution >= 4 is 0 Å². The molecule has 1 saturated heterocycles. The lowest BCUT2D eigenvalue weighted by Crippen LogP contribution is -2.45. The van der Waals surface area contributed by atoms with Crippen LogP contribution in [0.4, 0.5) is 0 Å². The number of hydrogen-bond acceptors (Lipinski definition) is 2. The maximum absolute atomic E-state index is 6.07. The molecule has 1 N–H and O–H groups in total. The molecule has 0 spiro atoms. The van der Waals surface area contributed by atoms with Gasteiger partial charge in [0.05, 0.1) is 6.10 Å². The van der Waals surface area contributed by atoms with Gasteiger partial charge in [0.15, 0.2) is 0 Å². The van der Waals surface area contributed by atoms with Crippen LogP contribution in [0.15, 0.2) is 0 Å². The molecule has 2 aliphatic carbocycles. The summed E-state index contributed by atoms with van der Waals surface area (Å²) in [5.74, 6) is 3.13. The third kappa shape index (κ3) is 3.33. The molecule has 5 unspecified atom stereocenters. The monoisotopic (exact) mass is 265 g/mol. The Morgan fingerprint density at radius 1 is 1.16 bits per heavy atom. The Hall–Kier alpha value is -0.0800. The van der Waals surface area contributed by atoms with Crippen molar-refractivity contribution in [2.24, 2.45) is 17.8 Å². The lowest BCUT2D eigenvalue weighted by atomic mass is 9.82. The number of rotatable bonds is 6. The van der Waals surface area contributed by atoms with Gasteiger partial charge in [-0.25, -0.2) is 0 Å². The molecule has 0 aromatic carbocycles. The summed E-state index contributed by atoms with van der Waals surface area (Å²) in [5.41, 5.74) is 0. The summed E-state index contributed by atoms with van der Waals surface area (Å²) in [6, 6.07) is 0.629. The highest BCUT2D eigenvalue weighted by molar-refractivity contribution is 4.93. The fraction of sp³-hybridized carbons (Fsp3) is 1.00. The highest BCUT2D eigenvalue weighted by Crippen LogP contribution is 2.50. The maximum Gasteiger partial charge on any atom is 0.0728 e. The van der Waals surface area contributed by atoms with Crippen LogP contribution >= 0.6 is 0 Å². The molecular weight excluding hydrogens is 234 g/mol. The molecule has 2 heteroatoms. The van der Waals surface area contributed by atoms with E-state index in [0.717, 1.165) is 30.9 Å². The van der Waals surface area contributed by atoms with E-state index in [1.54, 1.807) is 0 Å². The summed E-state index contributed by atoms with van der Waals surface area (Å²) in [6.45, 7) is 4.42. The van der Waals surface area contributed by atoms with E-state index in [2.05, 4.69) is 12.2 Å². The topological polar surface area (TPSA) is 21.3 Å². The smallest absolute Gasteiger partial charge is 0.0728 e. The minimum Gasteiger partial charge on any atom is -0.377 e. The Bertz CT molecular complexity index is 274. The fourth-order valence-electron chi connectivity index (χ4n) is 4.77. The lowest BCUT2D eigenvalue weighted by molar-refractivity contribution is -0.0143. The second-order valence-corrected chi connectivity index (χ2v) is 7.14. The molecule has 2 saturated carbocycles. The van der Waals surface area contributed by atoms with Crippen LogP contribution in [0.5, 0.6) is 0 Å². The van der Waals surface area contributed by atoms with Gasteiger partial charge in [0.25, 0.3) is 0 Å². The van der Waals surface area contributed by atoms with Gasteiger partial charge in [0.1, 0.15) is 0 Å². The summed E-state index contributed by atoms with van der Waals surface area (Å²) in [6.07, 6.45) is 13.1. The molecule has 0 amide bonds. The minimum atomic E-state index is 0.499. The van der Waals surface area contributed by atoms with Crippen LogP contribution in [0.25, 0.3) is 0 Å². The third-order valence-electron chi connectivity index (χ3n) is 5.76. The lowest BCUT2D eigenvalue weighted by Gasteiger charge is -2.34. The summed E-state index contributed by atoms with van der Waals surface area (Å²) in [5, 5.41) is 3.80. The molecule has 19 heavy (non-hydrogen) atoms. The van der Waals surface area contributed by atoms with Gasteiger partial charge in [-0.3, -0.25) is 0 Å². The minimum absolute atomic E-state index is 0.499. The van der Waals surface area contributed by atoms with Gasteiger partial charge < -0.3 is 10.1 Å². The van der Waals surface area contributed by atoms with E-state index in [1.165, 1.54) is 57.8 Å². The number of ether oxygens (including phenoxy) is 1. The van der Waals surface area contributed by atoms with Crippen LogP contribution in [0.2, 0.25) is 0 Å². The molecule has 3 rings (SSSR count). The summed E-state index contributed by atoms with van der Waals surface area (Å²) < 4.78 is 6.07. The van der Waals surface area contributed by atoms with Crippen molar-refractivity contribution < 1.29 is 4.74 Å². The van der Waals surface area contributed by atoms with Gasteiger partial charge in [-0.2, -0.15) is 0 Å². The summed E-state index contributed by atoms with van der Waals surface area (Å²) in [4.78, 5) is 0. The van der Waals surface area contributed by atoms with Crippen LogP contribution in [0.3, 0.4) is 0 Å². The highest BCUT2D eigenvalue weighted by atomic mass is 16.5. The van der Waals surface area contributed by atoms with Crippen LogP contribution in [-0.2, 0) is 4.74 Å². The van der Waals surface area contributed by atoms with E-state index in [0.29, 0.717) is 12.1 Å². The largest absolute Gasteiger partial charge is 0.377 e. The number of fused-ring (bicyclic) bond motifs is 2. The Balaban J connectivity index is 1.55. The van der Waals surface area contributed by atoms with Crippen molar-refractivity contribution in [2.75, 3.05) is 13.2 Å². The fourth-order valence-corrected chi connectivity index (χ4v) is 4.77. The molecule has 1 aliphatic heterocycles. The van der Waals surface area contributed by atoms with Gasteiger partial charge in [0.2, 0.25) is 0 Å². The number of hydrogen-bond donors (Lipinski definition) is 1. The Labute approximate surface area is 118 Å². The molecule has 1 heterocycles. The number of nitrogens with one attached hydrogen (secondary N) is 1. The van der Waals surface area contributed by atoms with Crippen molar-refractivity contribution in [1.82, 2.24) is 5.32 Å². The molecular formula is C17H31NO. The Kier molecular flexibility index (Phi) is 4.81. The van der Waals surface area contributed by atoms with E-state index in [1.807, 2.05) is 0 Å². The van der Waals surface area contributed by atoms with Crippen LogP contribution in [-0.4, -0.2) is 25.3 Å². The van der Waals surface area contributed by atoms with E-state index in [4.69, 9.17) is 4.74 Å². The average Bonchev–Trinajstić information content (AvgIpc) is 3.07. The Morgan fingerprint density at radius 2 is 2.11 bits per heavy atom. The predicted molar refractivity (Wildman–Crippen MR) is 79.2 cm³/mol. The summed E-state index contributed by atoms with van der Waals surface area (Å²) >= 11 is 0. The molecule has 0 aromatic rings. The average molecular weight is 265 g/mol. The zero-order chi connectivity index (χ0) is 13.1. The second-order valence-electron chi connectivity index (χ2n) is 7.14. The molecule has 0 aromatic heterocycles. The van der Waals surface area contributed by atoms with Gasteiger partial charge >= 0.3 is 0 Å². The van der Waals surface area contributed by atoms with Gasteiger partial charge in [0, 0.05) is 12.6 Å². The molecule has 2 nitrogen and oxygen atoms in total. The maximum atomic E-state index is 6.07. The van der Waals surface area contributed by atoms with Crippen molar-refractivity contribution in [1.29, 1.82) is 0 Å². The van der Waals surface area contributed by atoms with E-state index >= 15 is 0 Å².